The molecule has 8 aromatic carbocycles. The van der Waals surface area contributed by atoms with Crippen LogP contribution in [-0.4, -0.2) is 4.57 Å². The van der Waals surface area contributed by atoms with Gasteiger partial charge in [0.1, 0.15) is 17.4 Å². The molecule has 0 saturated carbocycles. The third-order valence-electron chi connectivity index (χ3n) is 11.8. The molecule has 55 heavy (non-hydrogen) atoms. The van der Waals surface area contributed by atoms with Gasteiger partial charge in [0.05, 0.1) is 16.4 Å². The number of rotatable bonds is 7. The lowest BCUT2D eigenvalue weighted by atomic mass is 9.67. The minimum atomic E-state index is -0.482. The lowest BCUT2D eigenvalue weighted by Crippen LogP contribution is -2.28. The van der Waals surface area contributed by atoms with E-state index in [1.165, 1.54) is 66.0 Å². The van der Waals surface area contributed by atoms with Crippen LogP contribution in [-0.2, 0) is 11.8 Å². The number of nitrogens with two attached hydrogens (primary N) is 1. The number of furan rings is 1. The molecule has 2 heterocycles. The van der Waals surface area contributed by atoms with Gasteiger partial charge in [-0.15, -0.1) is 0 Å². The molecule has 0 spiro atoms. The molecule has 1 atom stereocenters. The number of anilines is 2. The fourth-order valence-corrected chi connectivity index (χ4v) is 9.45. The summed E-state index contributed by atoms with van der Waals surface area (Å²) in [5.41, 5.74) is 19.0. The summed E-state index contributed by atoms with van der Waals surface area (Å²) >= 11 is 0. The second-order valence-electron chi connectivity index (χ2n) is 14.7. The molecule has 0 aliphatic heterocycles. The lowest BCUT2D eigenvalue weighted by Gasteiger charge is -2.34. The summed E-state index contributed by atoms with van der Waals surface area (Å²) < 4.78 is 8.60. The normalized spacial score (nSPS) is 13.7. The van der Waals surface area contributed by atoms with Gasteiger partial charge in [-0.05, 0) is 80.0 Å². The van der Waals surface area contributed by atoms with Gasteiger partial charge in [-0.1, -0.05) is 158 Å². The minimum absolute atomic E-state index is 0.225. The summed E-state index contributed by atoms with van der Waals surface area (Å²) in [6.07, 6.45) is 0.458. The monoisotopic (exact) mass is 707 g/mol. The number of hydrogen-bond donors (Lipinski definition) is 2. The van der Waals surface area contributed by atoms with E-state index in [1.54, 1.807) is 0 Å². The Morgan fingerprint density at radius 2 is 1.15 bits per heavy atom. The molecule has 0 fully saturated rings. The zero-order valence-corrected chi connectivity index (χ0v) is 30.1. The van der Waals surface area contributed by atoms with E-state index in [0.29, 0.717) is 12.3 Å². The molecule has 0 radical (unpaired) electrons. The summed E-state index contributed by atoms with van der Waals surface area (Å²) in [6.45, 7) is 0. The number of nitrogens with one attached hydrogen (secondary N) is 1. The standard InChI is InChI=1S/C51H37N3O/c52-50-49(41-23-11-14-26-47(41)55-50)53-48(54-45-25-13-10-22-40(45)42-31-34-15-7-8-16-35(34)32-46(42)54)30-33-27-28-39-38-21-9-12-24-43(38)51(44(39)29-33,36-17-3-1-4-18-36)37-19-5-2-6-20-37/h1-29,31-32,48,53H,30,52H2. The van der Waals surface area contributed by atoms with Crippen molar-refractivity contribution in [3.63, 3.8) is 0 Å². The molecule has 0 bridgehead atoms. The van der Waals surface area contributed by atoms with Crippen LogP contribution in [0.15, 0.2) is 192 Å². The van der Waals surface area contributed by atoms with E-state index in [9.17, 15) is 0 Å². The molecule has 4 nitrogen and oxygen atoms in total. The van der Waals surface area contributed by atoms with Crippen molar-refractivity contribution in [2.45, 2.75) is 18.0 Å². The van der Waals surface area contributed by atoms with Crippen molar-refractivity contribution in [3.05, 3.63) is 216 Å². The van der Waals surface area contributed by atoms with Crippen LogP contribution in [0.4, 0.5) is 11.6 Å². The number of para-hydroxylation sites is 2. The highest BCUT2D eigenvalue weighted by Crippen LogP contribution is 2.56. The van der Waals surface area contributed by atoms with Crippen LogP contribution in [0.5, 0.6) is 0 Å². The van der Waals surface area contributed by atoms with Crippen molar-refractivity contribution in [3.8, 4) is 11.1 Å². The number of aromatic nitrogens is 1. The van der Waals surface area contributed by atoms with Crippen LogP contribution in [0.2, 0.25) is 0 Å². The zero-order valence-electron chi connectivity index (χ0n) is 30.1. The molecule has 3 N–H and O–H groups in total. The third-order valence-corrected chi connectivity index (χ3v) is 11.8. The quantitative estimate of drug-likeness (QED) is 0.173. The molecule has 11 rings (SSSR count). The maximum atomic E-state index is 6.70. The summed E-state index contributed by atoms with van der Waals surface area (Å²) in [5.74, 6) is 0.383. The topological polar surface area (TPSA) is 56.1 Å². The first kappa shape index (κ1) is 31.5. The largest absolute Gasteiger partial charge is 0.439 e. The van der Waals surface area contributed by atoms with Gasteiger partial charge in [0.25, 0.3) is 0 Å². The molecule has 0 saturated heterocycles. The Kier molecular flexibility index (Phi) is 7.02. The number of nitrogen functional groups attached to an aromatic ring is 1. The van der Waals surface area contributed by atoms with Crippen molar-refractivity contribution in [1.82, 2.24) is 4.57 Å². The van der Waals surface area contributed by atoms with Gasteiger partial charge in [-0.2, -0.15) is 0 Å². The summed E-state index contributed by atoms with van der Waals surface area (Å²) in [7, 11) is 0. The van der Waals surface area contributed by atoms with Crippen molar-refractivity contribution in [2.24, 2.45) is 0 Å². The summed E-state index contributed by atoms with van der Waals surface area (Å²) in [4.78, 5) is 0. The van der Waals surface area contributed by atoms with E-state index in [4.69, 9.17) is 10.2 Å². The van der Waals surface area contributed by atoms with Crippen molar-refractivity contribution in [1.29, 1.82) is 0 Å². The Hall–Kier alpha value is -7.04. The number of nitrogens with zero attached hydrogens (tertiary/aromatic N) is 1. The van der Waals surface area contributed by atoms with Gasteiger partial charge in [-0.3, -0.25) is 0 Å². The minimum Gasteiger partial charge on any atom is -0.439 e. The van der Waals surface area contributed by atoms with Crippen LogP contribution in [0.3, 0.4) is 0 Å². The molecule has 0 amide bonds. The maximum Gasteiger partial charge on any atom is 0.215 e. The summed E-state index contributed by atoms with van der Waals surface area (Å²) in [5, 5.41) is 9.81. The molecule has 1 aliphatic carbocycles. The van der Waals surface area contributed by atoms with Crippen LogP contribution in [0.1, 0.15) is 34.0 Å². The molecule has 1 aliphatic rings. The molecular formula is C51H37N3O. The Bertz CT molecular complexity index is 3030. The average molecular weight is 708 g/mol. The van der Waals surface area contributed by atoms with Crippen molar-refractivity contribution < 1.29 is 4.42 Å². The van der Waals surface area contributed by atoms with Gasteiger partial charge < -0.3 is 20.0 Å². The predicted octanol–water partition coefficient (Wildman–Crippen LogP) is 12.5. The SMILES string of the molecule is Nc1oc2ccccc2c1NC(Cc1ccc2c(c1)C(c1ccccc1)(c1ccccc1)c1ccccc1-2)n1c2ccccc2c2cc3ccccc3cc21. The lowest BCUT2D eigenvalue weighted by molar-refractivity contribution is 0.589. The van der Waals surface area contributed by atoms with Gasteiger partial charge >= 0.3 is 0 Å². The van der Waals surface area contributed by atoms with E-state index < -0.39 is 5.41 Å². The fourth-order valence-electron chi connectivity index (χ4n) is 9.45. The van der Waals surface area contributed by atoms with Gasteiger partial charge in [0.2, 0.25) is 5.88 Å². The molecule has 2 aromatic heterocycles. The van der Waals surface area contributed by atoms with Gasteiger partial charge in [0, 0.05) is 22.6 Å². The Morgan fingerprint density at radius 1 is 0.527 bits per heavy atom. The Morgan fingerprint density at radius 3 is 1.93 bits per heavy atom. The number of fused-ring (bicyclic) bond motifs is 8. The maximum absolute atomic E-state index is 6.70. The van der Waals surface area contributed by atoms with E-state index in [1.807, 2.05) is 18.2 Å². The molecule has 262 valence electrons. The highest BCUT2D eigenvalue weighted by atomic mass is 16.3. The van der Waals surface area contributed by atoms with Crippen molar-refractivity contribution >= 4 is 55.1 Å². The molecule has 1 unspecified atom stereocenters. The second kappa shape index (κ2) is 12.3. The van der Waals surface area contributed by atoms with Crippen LogP contribution >= 0.6 is 0 Å². The highest BCUT2D eigenvalue weighted by molar-refractivity contribution is 6.13. The molecule has 4 heteroatoms. The molecule has 10 aromatic rings. The van der Waals surface area contributed by atoms with E-state index in [2.05, 4.69) is 180 Å². The number of hydrogen-bond acceptors (Lipinski definition) is 3. The summed E-state index contributed by atoms with van der Waals surface area (Å²) in [6, 6.07) is 68.2. The average Bonchev–Trinajstić information content (AvgIpc) is 3.84. The van der Waals surface area contributed by atoms with Crippen LogP contribution in [0, 0.1) is 0 Å². The smallest absolute Gasteiger partial charge is 0.215 e. The first-order valence-electron chi connectivity index (χ1n) is 19.0. The van der Waals surface area contributed by atoms with Crippen LogP contribution < -0.4 is 11.1 Å². The Labute approximate surface area is 319 Å². The first-order valence-corrected chi connectivity index (χ1v) is 19.0. The zero-order chi connectivity index (χ0) is 36.5. The van der Waals surface area contributed by atoms with E-state index in [-0.39, 0.29) is 6.17 Å². The molecular weight excluding hydrogens is 671 g/mol. The fraction of sp³-hybridized carbons (Fsp3) is 0.0588. The number of benzene rings is 8. The second-order valence-corrected chi connectivity index (χ2v) is 14.7. The van der Waals surface area contributed by atoms with Gasteiger partial charge in [0.15, 0.2) is 0 Å². The van der Waals surface area contributed by atoms with Crippen molar-refractivity contribution in [2.75, 3.05) is 11.1 Å². The predicted molar refractivity (Wildman–Crippen MR) is 228 cm³/mol. The van der Waals surface area contributed by atoms with E-state index >= 15 is 0 Å². The highest BCUT2D eigenvalue weighted by Gasteiger charge is 2.46. The van der Waals surface area contributed by atoms with Gasteiger partial charge in [-0.25, -0.2) is 0 Å². The third kappa shape index (κ3) is 4.71. The van der Waals surface area contributed by atoms with E-state index in [0.717, 1.165) is 22.2 Å². The Balaban J connectivity index is 1.15. The first-order chi connectivity index (χ1) is 27.2. The van der Waals surface area contributed by atoms with Crippen LogP contribution in [0.25, 0.3) is 54.7 Å².